The molecular weight excluding hydrogens is 499 g/mol. The summed E-state index contributed by atoms with van der Waals surface area (Å²) < 4.78 is 7.48. The number of ether oxygens (including phenoxy) is 1. The van der Waals surface area contributed by atoms with E-state index in [1.54, 1.807) is 24.3 Å². The summed E-state index contributed by atoms with van der Waals surface area (Å²) in [5.74, 6) is 0.618. The van der Waals surface area contributed by atoms with Gasteiger partial charge in [0, 0.05) is 46.0 Å². The van der Waals surface area contributed by atoms with Gasteiger partial charge in [-0.15, -0.1) is 0 Å². The number of aliphatic hydroxyl groups excluding tert-OH is 1. The van der Waals surface area contributed by atoms with Crippen LogP contribution in [-0.2, 0) is 13.2 Å². The molecule has 10 heteroatoms. The number of rotatable bonds is 10. The van der Waals surface area contributed by atoms with E-state index in [4.69, 9.17) is 33.7 Å². The van der Waals surface area contributed by atoms with Crippen LogP contribution in [0.1, 0.15) is 36.2 Å². The van der Waals surface area contributed by atoms with Crippen molar-refractivity contribution in [3.05, 3.63) is 68.8 Å². The van der Waals surface area contributed by atoms with Gasteiger partial charge in [0.25, 0.3) is 0 Å². The van der Waals surface area contributed by atoms with Gasteiger partial charge >= 0.3 is 0 Å². The Kier molecular flexibility index (Phi) is 9.21. The van der Waals surface area contributed by atoms with Gasteiger partial charge in [0.1, 0.15) is 41.6 Å². The van der Waals surface area contributed by atoms with E-state index in [1.165, 1.54) is 4.68 Å². The molecule has 0 aliphatic heterocycles. The molecule has 1 heterocycles. The first-order valence-corrected chi connectivity index (χ1v) is 12.1. The summed E-state index contributed by atoms with van der Waals surface area (Å²) in [6.07, 6.45) is 1.61. The highest BCUT2D eigenvalue weighted by Crippen LogP contribution is 2.32. The van der Waals surface area contributed by atoms with Crippen LogP contribution in [0.15, 0.2) is 36.4 Å². The summed E-state index contributed by atoms with van der Waals surface area (Å²) in [4.78, 5) is 2.17. The molecule has 0 bridgehead atoms. The van der Waals surface area contributed by atoms with Crippen molar-refractivity contribution < 1.29 is 9.84 Å². The van der Waals surface area contributed by atoms with Gasteiger partial charge in [-0.2, -0.15) is 15.6 Å². The molecule has 0 aliphatic rings. The summed E-state index contributed by atoms with van der Waals surface area (Å²) in [6, 6.07) is 15.0. The Labute approximate surface area is 220 Å². The summed E-state index contributed by atoms with van der Waals surface area (Å²) in [5.41, 5.74) is 8.71. The minimum atomic E-state index is -0.208. The zero-order valence-corrected chi connectivity index (χ0v) is 21.5. The van der Waals surface area contributed by atoms with Gasteiger partial charge in [-0.3, -0.25) is 0 Å². The van der Waals surface area contributed by atoms with Gasteiger partial charge in [-0.05, 0) is 44.2 Å². The molecule has 0 radical (unpaired) electrons. The lowest BCUT2D eigenvalue weighted by atomic mass is 10.0. The van der Waals surface area contributed by atoms with Crippen LogP contribution < -0.4 is 15.4 Å². The molecule has 8 nitrogen and oxygen atoms in total. The molecule has 0 saturated heterocycles. The SMILES string of the molecule is CCN(CC)c1ccc(/C=C(\C#N)c2nn(CCO)c(N)c2C#N)c(OCc2ccc(Cl)cc2Cl)c1. The minimum absolute atomic E-state index is 0.0754. The molecule has 1 aromatic heterocycles. The zero-order chi connectivity index (χ0) is 26.2. The molecule has 2 aromatic carbocycles. The van der Waals surface area contributed by atoms with Gasteiger partial charge in [-0.1, -0.05) is 29.3 Å². The maximum Gasteiger partial charge on any atom is 0.140 e. The number of aromatic nitrogens is 2. The van der Waals surface area contributed by atoms with Crippen molar-refractivity contribution >= 4 is 46.4 Å². The monoisotopic (exact) mass is 524 g/mol. The Hall–Kier alpha value is -3.69. The highest BCUT2D eigenvalue weighted by Gasteiger charge is 2.20. The lowest BCUT2D eigenvalue weighted by molar-refractivity contribution is 0.270. The van der Waals surface area contributed by atoms with Crippen molar-refractivity contribution in [3.8, 4) is 17.9 Å². The largest absolute Gasteiger partial charge is 0.488 e. The quantitative estimate of drug-likeness (QED) is 0.352. The third-order valence-corrected chi connectivity index (χ3v) is 6.20. The first kappa shape index (κ1) is 26.9. The van der Waals surface area contributed by atoms with Crippen LogP contribution in [0.4, 0.5) is 11.5 Å². The summed E-state index contributed by atoms with van der Waals surface area (Å²) in [6.45, 7) is 5.83. The average molecular weight is 525 g/mol. The number of halogens is 2. The third kappa shape index (κ3) is 5.92. The van der Waals surface area contributed by atoms with Crippen LogP contribution in [0.25, 0.3) is 11.6 Å². The van der Waals surface area contributed by atoms with Crippen molar-refractivity contribution in [1.29, 1.82) is 10.5 Å². The number of anilines is 2. The van der Waals surface area contributed by atoms with E-state index in [0.29, 0.717) is 21.4 Å². The fraction of sp³-hybridized carbons (Fsp3) is 0.269. The molecule has 0 fully saturated rings. The van der Waals surface area contributed by atoms with Gasteiger partial charge in [0.05, 0.1) is 18.7 Å². The lowest BCUT2D eigenvalue weighted by Crippen LogP contribution is -2.21. The second-order valence-corrected chi connectivity index (χ2v) is 8.60. The molecule has 0 spiro atoms. The number of nitriles is 2. The van der Waals surface area contributed by atoms with E-state index in [2.05, 4.69) is 29.9 Å². The Morgan fingerprint density at radius 2 is 1.94 bits per heavy atom. The highest BCUT2D eigenvalue weighted by atomic mass is 35.5. The number of aliphatic hydroxyl groups is 1. The molecular formula is C26H26Cl2N6O2. The summed E-state index contributed by atoms with van der Waals surface area (Å²) >= 11 is 12.3. The summed E-state index contributed by atoms with van der Waals surface area (Å²) in [5, 5.41) is 34.1. The second-order valence-electron chi connectivity index (χ2n) is 7.76. The maximum atomic E-state index is 9.92. The summed E-state index contributed by atoms with van der Waals surface area (Å²) in [7, 11) is 0. The average Bonchev–Trinajstić information content (AvgIpc) is 3.18. The predicted octanol–water partition coefficient (Wildman–Crippen LogP) is 5.13. The smallest absolute Gasteiger partial charge is 0.140 e. The zero-order valence-electron chi connectivity index (χ0n) is 20.0. The van der Waals surface area contributed by atoms with E-state index in [9.17, 15) is 15.6 Å². The van der Waals surface area contributed by atoms with E-state index in [0.717, 1.165) is 24.3 Å². The molecule has 3 rings (SSSR count). The number of nitrogens with zero attached hydrogens (tertiary/aromatic N) is 5. The van der Waals surface area contributed by atoms with E-state index < -0.39 is 0 Å². The number of allylic oxidation sites excluding steroid dienone is 1. The first-order valence-electron chi connectivity index (χ1n) is 11.3. The number of benzene rings is 2. The van der Waals surface area contributed by atoms with Crippen LogP contribution in [0.2, 0.25) is 10.0 Å². The Morgan fingerprint density at radius 3 is 2.56 bits per heavy atom. The maximum absolute atomic E-state index is 9.92. The molecule has 3 N–H and O–H groups in total. The van der Waals surface area contributed by atoms with Crippen molar-refractivity contribution in [2.45, 2.75) is 27.0 Å². The van der Waals surface area contributed by atoms with Gasteiger partial charge < -0.3 is 20.5 Å². The lowest BCUT2D eigenvalue weighted by Gasteiger charge is -2.22. The fourth-order valence-electron chi connectivity index (χ4n) is 3.69. The fourth-order valence-corrected chi connectivity index (χ4v) is 4.16. The van der Waals surface area contributed by atoms with Gasteiger partial charge in [0.2, 0.25) is 0 Å². The van der Waals surface area contributed by atoms with Crippen molar-refractivity contribution in [2.24, 2.45) is 0 Å². The van der Waals surface area contributed by atoms with Crippen molar-refractivity contribution in [3.63, 3.8) is 0 Å². The van der Waals surface area contributed by atoms with Gasteiger partial charge in [-0.25, -0.2) is 4.68 Å². The molecule has 186 valence electrons. The molecule has 0 amide bonds. The van der Waals surface area contributed by atoms with Crippen LogP contribution in [0.5, 0.6) is 5.75 Å². The number of hydrogen-bond donors (Lipinski definition) is 2. The third-order valence-electron chi connectivity index (χ3n) is 5.61. The molecule has 0 atom stereocenters. The van der Waals surface area contributed by atoms with Crippen molar-refractivity contribution in [2.75, 3.05) is 30.3 Å². The minimum Gasteiger partial charge on any atom is -0.488 e. The first-order chi connectivity index (χ1) is 17.4. The predicted molar refractivity (Wildman–Crippen MR) is 143 cm³/mol. The number of nitrogens with two attached hydrogens (primary N) is 1. The van der Waals surface area contributed by atoms with Crippen LogP contribution >= 0.6 is 23.2 Å². The van der Waals surface area contributed by atoms with Crippen LogP contribution in [0.3, 0.4) is 0 Å². The molecule has 3 aromatic rings. The van der Waals surface area contributed by atoms with Crippen LogP contribution in [-0.4, -0.2) is 34.6 Å². The highest BCUT2D eigenvalue weighted by molar-refractivity contribution is 6.35. The Bertz CT molecular complexity index is 1350. The second kappa shape index (κ2) is 12.3. The topological polar surface area (TPSA) is 124 Å². The molecule has 0 saturated carbocycles. The van der Waals surface area contributed by atoms with E-state index in [-0.39, 0.29) is 42.4 Å². The van der Waals surface area contributed by atoms with Gasteiger partial charge in [0.15, 0.2) is 0 Å². The van der Waals surface area contributed by atoms with E-state index in [1.807, 2.05) is 24.3 Å². The molecule has 36 heavy (non-hydrogen) atoms. The van der Waals surface area contributed by atoms with Crippen molar-refractivity contribution in [1.82, 2.24) is 9.78 Å². The van der Waals surface area contributed by atoms with E-state index >= 15 is 0 Å². The van der Waals surface area contributed by atoms with Crippen LogP contribution in [0, 0.1) is 22.7 Å². The molecule has 0 aliphatic carbocycles. The standard InChI is InChI=1S/C26H26Cl2N6O2/c1-3-33(4-2)21-8-6-17(24(13-21)36-16-18-5-7-20(27)12-23(18)28)11-19(14-29)25-22(15-30)26(31)34(32-25)9-10-35/h5-8,11-13,35H,3-4,9-10,16,31H2,1-2H3/b19-11+. The Balaban J connectivity index is 2.08. The normalized spacial score (nSPS) is 11.1. The number of nitrogen functional groups attached to an aromatic ring is 1. The number of hydrogen-bond acceptors (Lipinski definition) is 7. The molecule has 0 unspecified atom stereocenters. The Morgan fingerprint density at radius 1 is 1.19 bits per heavy atom.